The van der Waals surface area contributed by atoms with E-state index < -0.39 is 0 Å². The van der Waals surface area contributed by atoms with Gasteiger partial charge in [-0.1, -0.05) is 6.92 Å². The van der Waals surface area contributed by atoms with Crippen LogP contribution in [0.5, 0.6) is 0 Å². The average molecular weight is 197 g/mol. The number of H-pyrrole nitrogens is 1. The Morgan fingerprint density at radius 3 is 3.31 bits per heavy atom. The molecule has 1 unspecified atom stereocenters. The van der Waals surface area contributed by atoms with Crippen molar-refractivity contribution in [2.75, 3.05) is 18.8 Å². The van der Waals surface area contributed by atoms with Crippen molar-refractivity contribution in [1.29, 1.82) is 0 Å². The Balaban J connectivity index is 2.13. The van der Waals surface area contributed by atoms with Crippen molar-refractivity contribution < 1.29 is 0 Å². The molecule has 1 aromatic rings. The van der Waals surface area contributed by atoms with Crippen LogP contribution in [-0.2, 0) is 6.42 Å². The first-order chi connectivity index (χ1) is 6.42. The van der Waals surface area contributed by atoms with E-state index in [-0.39, 0.29) is 0 Å². The van der Waals surface area contributed by atoms with E-state index in [9.17, 15) is 0 Å². The number of hydrogen-bond donors (Lipinski definition) is 2. The van der Waals surface area contributed by atoms with Gasteiger partial charge in [0.1, 0.15) is 0 Å². The highest BCUT2D eigenvalue weighted by Crippen LogP contribution is 2.30. The third-order valence-electron chi connectivity index (χ3n) is 2.38. The predicted molar refractivity (Wildman–Crippen MR) is 56.0 cm³/mol. The first kappa shape index (κ1) is 9.09. The molecule has 0 aromatic carbocycles. The van der Waals surface area contributed by atoms with Gasteiger partial charge in [-0.05, 0) is 12.0 Å². The monoisotopic (exact) mass is 197 g/mol. The van der Waals surface area contributed by atoms with Crippen LogP contribution >= 0.6 is 11.8 Å². The van der Waals surface area contributed by atoms with Gasteiger partial charge in [0.25, 0.3) is 0 Å². The minimum Gasteiger partial charge on any atom is -0.314 e. The SMILES string of the molecule is CCc1cn[nH]c1C1CNCCS1. The largest absolute Gasteiger partial charge is 0.314 e. The smallest absolute Gasteiger partial charge is 0.0592 e. The molecule has 1 fully saturated rings. The van der Waals surface area contributed by atoms with E-state index in [2.05, 4.69) is 22.4 Å². The molecule has 1 aliphatic rings. The number of nitrogens with one attached hydrogen (secondary N) is 2. The summed E-state index contributed by atoms with van der Waals surface area (Å²) in [7, 11) is 0. The molecule has 0 spiro atoms. The number of hydrogen-bond acceptors (Lipinski definition) is 3. The van der Waals surface area contributed by atoms with Crippen LogP contribution in [0.4, 0.5) is 0 Å². The van der Waals surface area contributed by atoms with Gasteiger partial charge in [0.05, 0.1) is 17.1 Å². The second kappa shape index (κ2) is 4.15. The first-order valence-electron chi connectivity index (χ1n) is 4.76. The van der Waals surface area contributed by atoms with Crippen molar-refractivity contribution in [2.45, 2.75) is 18.6 Å². The number of rotatable bonds is 2. The van der Waals surface area contributed by atoms with Crippen molar-refractivity contribution in [2.24, 2.45) is 0 Å². The second-order valence-corrected chi connectivity index (χ2v) is 4.54. The number of aryl methyl sites for hydroxylation is 1. The molecular formula is C9H15N3S. The molecule has 1 atom stereocenters. The molecule has 13 heavy (non-hydrogen) atoms. The van der Waals surface area contributed by atoms with Crippen LogP contribution in [0.1, 0.15) is 23.4 Å². The van der Waals surface area contributed by atoms with E-state index >= 15 is 0 Å². The maximum atomic E-state index is 4.10. The second-order valence-electron chi connectivity index (χ2n) is 3.23. The van der Waals surface area contributed by atoms with Crippen molar-refractivity contribution in [3.63, 3.8) is 0 Å². The standard InChI is InChI=1S/C9H15N3S/c1-2-7-5-11-12-9(7)8-6-10-3-4-13-8/h5,8,10H,2-4,6H2,1H3,(H,11,12). The summed E-state index contributed by atoms with van der Waals surface area (Å²) in [4.78, 5) is 0. The predicted octanol–water partition coefficient (Wildman–Crippen LogP) is 1.35. The van der Waals surface area contributed by atoms with Gasteiger partial charge >= 0.3 is 0 Å². The third kappa shape index (κ3) is 1.89. The van der Waals surface area contributed by atoms with Gasteiger partial charge in [-0.25, -0.2) is 0 Å². The molecule has 72 valence electrons. The molecule has 3 nitrogen and oxygen atoms in total. The fourth-order valence-electron chi connectivity index (χ4n) is 1.63. The summed E-state index contributed by atoms with van der Waals surface area (Å²) in [5.41, 5.74) is 2.68. The van der Waals surface area contributed by atoms with Gasteiger partial charge in [-0.2, -0.15) is 5.10 Å². The van der Waals surface area contributed by atoms with Crippen molar-refractivity contribution in [1.82, 2.24) is 15.5 Å². The normalized spacial score (nSPS) is 23.3. The van der Waals surface area contributed by atoms with Gasteiger partial charge in [-0.3, -0.25) is 5.10 Å². The van der Waals surface area contributed by atoms with E-state index in [1.807, 2.05) is 18.0 Å². The maximum absolute atomic E-state index is 4.10. The molecular weight excluding hydrogens is 182 g/mol. The van der Waals surface area contributed by atoms with Crippen LogP contribution < -0.4 is 5.32 Å². The third-order valence-corrected chi connectivity index (χ3v) is 3.63. The molecule has 1 saturated heterocycles. The van der Waals surface area contributed by atoms with Crippen LogP contribution in [0.25, 0.3) is 0 Å². The zero-order valence-corrected chi connectivity index (χ0v) is 8.66. The Kier molecular flexibility index (Phi) is 2.90. The lowest BCUT2D eigenvalue weighted by Gasteiger charge is -2.22. The minimum absolute atomic E-state index is 0.575. The van der Waals surface area contributed by atoms with Gasteiger partial charge in [0.2, 0.25) is 0 Å². The molecule has 2 rings (SSSR count). The molecule has 2 N–H and O–H groups in total. The van der Waals surface area contributed by atoms with Crippen molar-refractivity contribution >= 4 is 11.8 Å². The number of nitrogens with zero attached hydrogens (tertiary/aromatic N) is 1. The minimum atomic E-state index is 0.575. The first-order valence-corrected chi connectivity index (χ1v) is 5.81. The van der Waals surface area contributed by atoms with Crippen LogP contribution in [0.2, 0.25) is 0 Å². The summed E-state index contributed by atoms with van der Waals surface area (Å²) >= 11 is 2.02. The van der Waals surface area contributed by atoms with Gasteiger partial charge < -0.3 is 5.32 Å². The van der Waals surface area contributed by atoms with E-state index in [0.29, 0.717) is 5.25 Å². The van der Waals surface area contributed by atoms with E-state index in [0.717, 1.165) is 19.5 Å². The number of aromatic amines is 1. The molecule has 1 aliphatic heterocycles. The molecule has 0 bridgehead atoms. The Bertz CT molecular complexity index is 266. The topological polar surface area (TPSA) is 40.7 Å². The molecule has 0 amide bonds. The summed E-state index contributed by atoms with van der Waals surface area (Å²) in [6, 6.07) is 0. The zero-order chi connectivity index (χ0) is 9.10. The summed E-state index contributed by atoms with van der Waals surface area (Å²) in [5.74, 6) is 1.20. The van der Waals surface area contributed by atoms with Gasteiger partial charge in [-0.15, -0.1) is 11.8 Å². The Labute approximate surface area is 82.7 Å². The fourth-order valence-corrected chi connectivity index (χ4v) is 2.79. The van der Waals surface area contributed by atoms with Crippen LogP contribution in [-0.4, -0.2) is 29.0 Å². The lowest BCUT2D eigenvalue weighted by Crippen LogP contribution is -2.28. The summed E-state index contributed by atoms with van der Waals surface area (Å²) in [6.07, 6.45) is 3.02. The van der Waals surface area contributed by atoms with Crippen LogP contribution in [0, 0.1) is 0 Å². The molecule has 0 radical (unpaired) electrons. The van der Waals surface area contributed by atoms with Crippen molar-refractivity contribution in [3.05, 3.63) is 17.5 Å². The van der Waals surface area contributed by atoms with E-state index in [1.54, 1.807) is 0 Å². The maximum Gasteiger partial charge on any atom is 0.0592 e. The highest BCUT2D eigenvalue weighted by molar-refractivity contribution is 7.99. The fraction of sp³-hybridized carbons (Fsp3) is 0.667. The molecule has 0 saturated carbocycles. The van der Waals surface area contributed by atoms with Crippen LogP contribution in [0.3, 0.4) is 0 Å². The number of aromatic nitrogens is 2. The van der Waals surface area contributed by atoms with Crippen LogP contribution in [0.15, 0.2) is 6.20 Å². The lowest BCUT2D eigenvalue weighted by molar-refractivity contribution is 0.675. The Morgan fingerprint density at radius 2 is 2.62 bits per heavy atom. The lowest BCUT2D eigenvalue weighted by atomic mass is 10.1. The molecule has 0 aliphatic carbocycles. The Hall–Kier alpha value is -0.480. The number of thioether (sulfide) groups is 1. The summed E-state index contributed by atoms with van der Waals surface area (Å²) in [6.45, 7) is 4.38. The highest BCUT2D eigenvalue weighted by atomic mass is 32.2. The van der Waals surface area contributed by atoms with Gasteiger partial charge in [0, 0.05) is 18.8 Å². The van der Waals surface area contributed by atoms with Crippen molar-refractivity contribution in [3.8, 4) is 0 Å². The molecule has 2 heterocycles. The van der Waals surface area contributed by atoms with E-state index in [1.165, 1.54) is 17.0 Å². The van der Waals surface area contributed by atoms with Gasteiger partial charge in [0.15, 0.2) is 0 Å². The average Bonchev–Trinajstić information content (AvgIpc) is 2.67. The summed E-state index contributed by atoms with van der Waals surface area (Å²) < 4.78 is 0. The zero-order valence-electron chi connectivity index (χ0n) is 7.84. The van der Waals surface area contributed by atoms with E-state index in [4.69, 9.17) is 0 Å². The summed E-state index contributed by atoms with van der Waals surface area (Å²) in [5, 5.41) is 11.2. The quantitative estimate of drug-likeness (QED) is 0.752. The molecule has 4 heteroatoms. The highest BCUT2D eigenvalue weighted by Gasteiger charge is 2.19. The Morgan fingerprint density at radius 1 is 1.69 bits per heavy atom. The molecule has 1 aromatic heterocycles.